The molecule has 3 aliphatic heterocycles. The fourth-order valence-corrected chi connectivity index (χ4v) is 5.92. The fraction of sp³-hybridized carbons (Fsp3) is 0.400. The summed E-state index contributed by atoms with van der Waals surface area (Å²) in [5.74, 6) is -2.54. The van der Waals surface area contributed by atoms with Gasteiger partial charge in [0.1, 0.15) is 17.6 Å². The summed E-state index contributed by atoms with van der Waals surface area (Å²) >= 11 is 2.15. The SMILES string of the molecule is N#Cc1cc(N2N=C(C(F)(F)F)[C@@H]3CCN(c4ccc(I)cc4)C(=O)[C@@]32N2CCCCC2)ccc1F. The van der Waals surface area contributed by atoms with Crippen LogP contribution in [0.4, 0.5) is 28.9 Å². The first kappa shape index (κ1) is 25.0. The van der Waals surface area contributed by atoms with Gasteiger partial charge < -0.3 is 4.90 Å². The minimum atomic E-state index is -4.76. The number of nitriles is 1. The van der Waals surface area contributed by atoms with Crippen molar-refractivity contribution in [2.45, 2.75) is 37.5 Å². The number of rotatable bonds is 3. The molecule has 11 heteroatoms. The summed E-state index contributed by atoms with van der Waals surface area (Å²) in [7, 11) is 0. The number of hydrazone groups is 1. The zero-order chi connectivity index (χ0) is 25.7. The van der Waals surface area contributed by atoms with Crippen molar-refractivity contribution in [3.63, 3.8) is 0 Å². The number of carbonyl (C=O) groups excluding carboxylic acids is 1. The van der Waals surface area contributed by atoms with E-state index in [2.05, 4.69) is 27.7 Å². The predicted molar refractivity (Wildman–Crippen MR) is 135 cm³/mol. The van der Waals surface area contributed by atoms with Crippen molar-refractivity contribution >= 4 is 45.6 Å². The van der Waals surface area contributed by atoms with Gasteiger partial charge in [-0.05, 0) is 84.3 Å². The maximum Gasteiger partial charge on any atom is 0.431 e. The largest absolute Gasteiger partial charge is 0.431 e. The van der Waals surface area contributed by atoms with Gasteiger partial charge in [-0.2, -0.15) is 23.5 Å². The van der Waals surface area contributed by atoms with Crippen LogP contribution in [0.2, 0.25) is 0 Å². The molecule has 0 saturated carbocycles. The second-order valence-corrected chi connectivity index (χ2v) is 10.4. The number of alkyl halides is 3. The minimum absolute atomic E-state index is 0.0510. The zero-order valence-corrected chi connectivity index (χ0v) is 21.3. The van der Waals surface area contributed by atoms with E-state index in [0.717, 1.165) is 40.0 Å². The Bertz CT molecular complexity index is 1250. The Labute approximate surface area is 219 Å². The molecule has 0 bridgehead atoms. The van der Waals surface area contributed by atoms with Gasteiger partial charge >= 0.3 is 6.18 Å². The van der Waals surface area contributed by atoms with E-state index in [4.69, 9.17) is 0 Å². The maximum absolute atomic E-state index is 14.5. The third-order valence-corrected chi connectivity index (χ3v) is 7.85. The average molecular weight is 611 g/mol. The molecule has 1 amide bonds. The maximum atomic E-state index is 14.5. The summed E-state index contributed by atoms with van der Waals surface area (Å²) in [6.07, 6.45) is -2.34. The van der Waals surface area contributed by atoms with Crippen LogP contribution in [0.1, 0.15) is 31.2 Å². The van der Waals surface area contributed by atoms with Gasteiger partial charge in [-0.25, -0.2) is 9.40 Å². The quantitative estimate of drug-likeness (QED) is 0.351. The first-order chi connectivity index (χ1) is 17.2. The number of piperidine rings is 2. The third kappa shape index (κ3) is 3.94. The van der Waals surface area contributed by atoms with Crippen molar-refractivity contribution < 1.29 is 22.4 Å². The molecule has 36 heavy (non-hydrogen) atoms. The first-order valence-corrected chi connectivity index (χ1v) is 12.7. The lowest BCUT2D eigenvalue weighted by Crippen LogP contribution is -2.73. The lowest BCUT2D eigenvalue weighted by atomic mass is 9.78. The van der Waals surface area contributed by atoms with E-state index in [0.29, 0.717) is 18.8 Å². The molecule has 2 aromatic carbocycles. The van der Waals surface area contributed by atoms with Gasteiger partial charge in [0, 0.05) is 28.9 Å². The minimum Gasteiger partial charge on any atom is -0.309 e. The molecule has 2 saturated heterocycles. The zero-order valence-electron chi connectivity index (χ0n) is 19.1. The number of benzene rings is 2. The van der Waals surface area contributed by atoms with Crippen molar-refractivity contribution in [3.8, 4) is 6.07 Å². The van der Waals surface area contributed by atoms with Crippen LogP contribution in [-0.2, 0) is 4.79 Å². The smallest absolute Gasteiger partial charge is 0.309 e. The highest BCUT2D eigenvalue weighted by atomic mass is 127. The highest BCUT2D eigenvalue weighted by Crippen LogP contribution is 2.49. The van der Waals surface area contributed by atoms with Gasteiger partial charge in [0.25, 0.3) is 5.91 Å². The standard InChI is InChI=1S/C25H22F4IN5O/c26-21-9-8-19(14-16(21)15-31)35-24(33-11-2-1-3-12-33)20(22(32-35)25(27,28)29)10-13-34(23(24)36)18-6-4-17(30)5-7-18/h4-9,14,20H,1-3,10-13H2/t20-,24+/m0/s1. The number of carbonyl (C=O) groups is 1. The van der Waals surface area contributed by atoms with Crippen molar-refractivity contribution in [1.82, 2.24) is 4.90 Å². The van der Waals surface area contributed by atoms with Crippen LogP contribution in [0.25, 0.3) is 0 Å². The van der Waals surface area contributed by atoms with Gasteiger partial charge in [-0.15, -0.1) is 0 Å². The molecule has 0 spiro atoms. The summed E-state index contributed by atoms with van der Waals surface area (Å²) in [6, 6.07) is 12.4. The van der Waals surface area contributed by atoms with Crippen LogP contribution in [-0.4, -0.2) is 48.0 Å². The van der Waals surface area contributed by atoms with Crippen LogP contribution < -0.4 is 9.91 Å². The molecule has 3 aliphatic rings. The number of hydrogen-bond acceptors (Lipinski definition) is 5. The van der Waals surface area contributed by atoms with Crippen LogP contribution in [0, 0.1) is 26.6 Å². The molecular weight excluding hydrogens is 589 g/mol. The first-order valence-electron chi connectivity index (χ1n) is 11.7. The molecule has 6 nitrogen and oxygen atoms in total. The summed E-state index contributed by atoms with van der Waals surface area (Å²) in [5.41, 5.74) is -2.47. The highest BCUT2D eigenvalue weighted by molar-refractivity contribution is 14.1. The van der Waals surface area contributed by atoms with Gasteiger partial charge in [0.05, 0.1) is 17.2 Å². The van der Waals surface area contributed by atoms with E-state index in [9.17, 15) is 27.6 Å². The average Bonchev–Trinajstić information content (AvgIpc) is 3.23. The van der Waals surface area contributed by atoms with Gasteiger partial charge in [-0.3, -0.25) is 9.69 Å². The predicted octanol–water partition coefficient (Wildman–Crippen LogP) is 5.28. The fourth-order valence-electron chi connectivity index (χ4n) is 5.56. The summed E-state index contributed by atoms with van der Waals surface area (Å²) in [4.78, 5) is 17.8. The number of nitrogens with zero attached hydrogens (tertiary/aromatic N) is 5. The molecule has 2 fully saturated rings. The second kappa shape index (κ2) is 9.30. The molecule has 0 N–H and O–H groups in total. The molecular formula is C25H22F4IN5O. The lowest BCUT2D eigenvalue weighted by Gasteiger charge is -2.53. The summed E-state index contributed by atoms with van der Waals surface area (Å²) in [6.45, 7) is 0.952. The Morgan fingerprint density at radius 3 is 2.33 bits per heavy atom. The lowest BCUT2D eigenvalue weighted by molar-refractivity contribution is -0.136. The Kier molecular flexibility index (Phi) is 6.45. The van der Waals surface area contributed by atoms with Gasteiger partial charge in [0.2, 0.25) is 5.66 Å². The number of anilines is 2. The van der Waals surface area contributed by atoms with Gasteiger partial charge in [-0.1, -0.05) is 6.42 Å². The Balaban J connectivity index is 1.72. The van der Waals surface area contributed by atoms with Crippen LogP contribution in [0.5, 0.6) is 0 Å². The molecule has 188 valence electrons. The summed E-state index contributed by atoms with van der Waals surface area (Å²) < 4.78 is 58.2. The normalized spacial score (nSPS) is 24.9. The van der Waals surface area contributed by atoms with E-state index in [1.165, 1.54) is 11.0 Å². The second-order valence-electron chi connectivity index (χ2n) is 9.12. The van der Waals surface area contributed by atoms with Crippen LogP contribution >= 0.6 is 22.6 Å². The summed E-state index contributed by atoms with van der Waals surface area (Å²) in [5, 5.41) is 14.5. The number of halogens is 5. The van der Waals surface area contributed by atoms with Crippen molar-refractivity contribution in [1.29, 1.82) is 5.26 Å². The van der Waals surface area contributed by atoms with E-state index >= 15 is 0 Å². The van der Waals surface area contributed by atoms with E-state index < -0.39 is 35.2 Å². The van der Waals surface area contributed by atoms with Crippen LogP contribution in [0.3, 0.4) is 0 Å². The van der Waals surface area contributed by atoms with E-state index in [-0.39, 0.29) is 24.2 Å². The number of hydrogen-bond donors (Lipinski definition) is 0. The van der Waals surface area contributed by atoms with E-state index in [1.807, 2.05) is 12.1 Å². The van der Waals surface area contributed by atoms with E-state index in [1.54, 1.807) is 23.1 Å². The third-order valence-electron chi connectivity index (χ3n) is 7.13. The highest BCUT2D eigenvalue weighted by Gasteiger charge is 2.67. The van der Waals surface area contributed by atoms with Crippen molar-refractivity contribution in [2.75, 3.05) is 29.5 Å². The molecule has 2 aromatic rings. The Morgan fingerprint density at radius 1 is 1.03 bits per heavy atom. The molecule has 0 aromatic heterocycles. The van der Waals surface area contributed by atoms with Crippen molar-refractivity contribution in [2.24, 2.45) is 11.0 Å². The molecule has 3 heterocycles. The molecule has 0 unspecified atom stereocenters. The van der Waals surface area contributed by atoms with Gasteiger partial charge in [0.15, 0.2) is 0 Å². The molecule has 2 atom stereocenters. The topological polar surface area (TPSA) is 62.9 Å². The molecule has 0 radical (unpaired) electrons. The Morgan fingerprint density at radius 2 is 1.69 bits per heavy atom. The number of fused-ring (bicyclic) bond motifs is 1. The Hall–Kier alpha value is -2.72. The molecule has 5 rings (SSSR count). The van der Waals surface area contributed by atoms with Crippen LogP contribution in [0.15, 0.2) is 47.6 Å². The van der Waals surface area contributed by atoms with Crippen molar-refractivity contribution in [3.05, 3.63) is 57.4 Å². The molecule has 0 aliphatic carbocycles. The monoisotopic (exact) mass is 611 g/mol. The number of likely N-dealkylation sites (tertiary alicyclic amines) is 1. The number of amides is 1.